The molecular formula is C14H17N3O2. The molecule has 0 saturated carbocycles. The summed E-state index contributed by atoms with van der Waals surface area (Å²) < 4.78 is 11.1. The van der Waals surface area contributed by atoms with Crippen LogP contribution < -0.4 is 5.73 Å². The summed E-state index contributed by atoms with van der Waals surface area (Å²) in [6, 6.07) is 7.82. The number of ether oxygens (including phenoxy) is 1. The van der Waals surface area contributed by atoms with Crippen LogP contribution >= 0.6 is 0 Å². The molecule has 2 heterocycles. The summed E-state index contributed by atoms with van der Waals surface area (Å²) in [7, 11) is 0. The number of hydrogen-bond acceptors (Lipinski definition) is 5. The highest BCUT2D eigenvalue weighted by atomic mass is 16.5. The first-order chi connectivity index (χ1) is 9.21. The second kappa shape index (κ2) is 4.75. The van der Waals surface area contributed by atoms with Gasteiger partial charge in [0.25, 0.3) is 5.89 Å². The Balaban J connectivity index is 1.92. The smallest absolute Gasteiger partial charge is 0.258 e. The van der Waals surface area contributed by atoms with E-state index in [1.54, 1.807) is 0 Å². The van der Waals surface area contributed by atoms with Gasteiger partial charge in [-0.3, -0.25) is 0 Å². The molecule has 5 nitrogen and oxygen atoms in total. The molecule has 5 heteroatoms. The van der Waals surface area contributed by atoms with Crippen LogP contribution in [-0.4, -0.2) is 16.7 Å². The molecule has 1 atom stereocenters. The molecule has 1 fully saturated rings. The van der Waals surface area contributed by atoms with Crippen LogP contribution in [0.2, 0.25) is 0 Å². The van der Waals surface area contributed by atoms with Crippen molar-refractivity contribution in [3.05, 3.63) is 35.7 Å². The quantitative estimate of drug-likeness (QED) is 0.914. The molecule has 100 valence electrons. The predicted octanol–water partition coefficient (Wildman–Crippen LogP) is 2.22. The van der Waals surface area contributed by atoms with E-state index >= 15 is 0 Å². The van der Waals surface area contributed by atoms with Crippen LogP contribution in [0.25, 0.3) is 11.5 Å². The molecule has 1 aromatic heterocycles. The van der Waals surface area contributed by atoms with Gasteiger partial charge in [-0.1, -0.05) is 17.3 Å². The zero-order valence-electron chi connectivity index (χ0n) is 10.9. The summed E-state index contributed by atoms with van der Waals surface area (Å²) in [5.41, 5.74) is 7.16. The minimum atomic E-state index is -0.409. The first-order valence-electron chi connectivity index (χ1n) is 6.49. The van der Waals surface area contributed by atoms with Crippen molar-refractivity contribution in [2.75, 3.05) is 6.61 Å². The fourth-order valence-electron chi connectivity index (χ4n) is 2.34. The van der Waals surface area contributed by atoms with Gasteiger partial charge in [0, 0.05) is 18.7 Å². The molecule has 2 N–H and O–H groups in total. The Morgan fingerprint density at radius 1 is 1.42 bits per heavy atom. The molecule has 0 amide bonds. The van der Waals surface area contributed by atoms with Crippen LogP contribution in [0.15, 0.2) is 28.8 Å². The largest absolute Gasteiger partial charge is 0.367 e. The molecule has 0 radical (unpaired) electrons. The van der Waals surface area contributed by atoms with E-state index in [1.165, 1.54) is 0 Å². The topological polar surface area (TPSA) is 74.2 Å². The van der Waals surface area contributed by atoms with E-state index < -0.39 is 5.60 Å². The first kappa shape index (κ1) is 12.3. The van der Waals surface area contributed by atoms with Gasteiger partial charge < -0.3 is 15.0 Å². The van der Waals surface area contributed by atoms with Gasteiger partial charge in [0.1, 0.15) is 5.60 Å². The average Bonchev–Trinajstić information content (AvgIpc) is 3.08. The van der Waals surface area contributed by atoms with E-state index in [4.69, 9.17) is 15.0 Å². The zero-order chi connectivity index (χ0) is 13.3. The van der Waals surface area contributed by atoms with Gasteiger partial charge in [-0.25, -0.2) is 0 Å². The molecule has 0 aliphatic carbocycles. The molecule has 2 aromatic rings. The number of rotatable bonds is 3. The molecule has 0 spiro atoms. The third-order valence-electron chi connectivity index (χ3n) is 3.53. The third kappa shape index (κ3) is 2.27. The SMILES string of the molecule is CC1(c2noc(-c3cccc(CN)c3)n2)CCCO1. The van der Waals surface area contributed by atoms with Crippen molar-refractivity contribution in [1.29, 1.82) is 0 Å². The highest BCUT2D eigenvalue weighted by molar-refractivity contribution is 5.54. The van der Waals surface area contributed by atoms with Crippen molar-refractivity contribution in [2.45, 2.75) is 31.9 Å². The highest BCUT2D eigenvalue weighted by Crippen LogP contribution is 2.34. The Labute approximate surface area is 111 Å². The second-order valence-electron chi connectivity index (χ2n) is 5.01. The van der Waals surface area contributed by atoms with E-state index in [1.807, 2.05) is 31.2 Å². The van der Waals surface area contributed by atoms with E-state index in [-0.39, 0.29) is 0 Å². The monoisotopic (exact) mass is 259 g/mol. The first-order valence-corrected chi connectivity index (χ1v) is 6.49. The van der Waals surface area contributed by atoms with Gasteiger partial charge in [-0.15, -0.1) is 0 Å². The fourth-order valence-corrected chi connectivity index (χ4v) is 2.34. The Hall–Kier alpha value is -1.72. The fraction of sp³-hybridized carbons (Fsp3) is 0.429. The minimum Gasteiger partial charge on any atom is -0.367 e. The molecular weight excluding hydrogens is 242 g/mol. The predicted molar refractivity (Wildman–Crippen MR) is 70.2 cm³/mol. The zero-order valence-corrected chi connectivity index (χ0v) is 10.9. The van der Waals surface area contributed by atoms with Gasteiger partial charge in [0.2, 0.25) is 5.82 Å². The Kier molecular flexibility index (Phi) is 3.08. The van der Waals surface area contributed by atoms with Crippen molar-refractivity contribution >= 4 is 0 Å². The molecule has 3 rings (SSSR count). The number of nitrogens with two attached hydrogens (primary N) is 1. The summed E-state index contributed by atoms with van der Waals surface area (Å²) >= 11 is 0. The lowest BCUT2D eigenvalue weighted by molar-refractivity contribution is 0.00768. The van der Waals surface area contributed by atoms with E-state index in [0.717, 1.165) is 30.6 Å². The van der Waals surface area contributed by atoms with E-state index in [9.17, 15) is 0 Å². The third-order valence-corrected chi connectivity index (χ3v) is 3.53. The highest BCUT2D eigenvalue weighted by Gasteiger charge is 2.36. The maximum absolute atomic E-state index is 5.72. The van der Waals surface area contributed by atoms with Gasteiger partial charge in [0.05, 0.1) is 0 Å². The number of aromatic nitrogens is 2. The van der Waals surface area contributed by atoms with Crippen molar-refractivity contribution in [3.63, 3.8) is 0 Å². The maximum atomic E-state index is 5.72. The van der Waals surface area contributed by atoms with E-state index in [0.29, 0.717) is 18.3 Å². The standard InChI is InChI=1S/C14H17N3O2/c1-14(6-3-7-18-14)13-16-12(19-17-13)11-5-2-4-10(8-11)9-15/h2,4-5,8H,3,6-7,9,15H2,1H3. The molecule has 1 aromatic carbocycles. The van der Waals surface area contributed by atoms with Crippen LogP contribution in [0.4, 0.5) is 0 Å². The molecule has 1 aliphatic rings. The summed E-state index contributed by atoms with van der Waals surface area (Å²) in [4.78, 5) is 4.47. The van der Waals surface area contributed by atoms with Crippen LogP contribution in [0, 0.1) is 0 Å². The van der Waals surface area contributed by atoms with E-state index in [2.05, 4.69) is 10.1 Å². The van der Waals surface area contributed by atoms with Crippen molar-refractivity contribution in [3.8, 4) is 11.5 Å². The normalized spacial score (nSPS) is 22.8. The summed E-state index contributed by atoms with van der Waals surface area (Å²) in [6.45, 7) is 3.25. The summed E-state index contributed by atoms with van der Waals surface area (Å²) in [5.74, 6) is 1.14. The lowest BCUT2D eigenvalue weighted by atomic mass is 10.0. The van der Waals surface area contributed by atoms with Gasteiger partial charge in [0.15, 0.2) is 0 Å². The van der Waals surface area contributed by atoms with Crippen molar-refractivity contribution in [1.82, 2.24) is 10.1 Å². The van der Waals surface area contributed by atoms with Gasteiger partial charge in [-0.05, 0) is 37.5 Å². The van der Waals surface area contributed by atoms with Crippen LogP contribution in [0.1, 0.15) is 31.2 Å². The molecule has 1 saturated heterocycles. The Morgan fingerprint density at radius 3 is 3.05 bits per heavy atom. The minimum absolute atomic E-state index is 0.409. The van der Waals surface area contributed by atoms with Crippen LogP contribution in [0.5, 0.6) is 0 Å². The van der Waals surface area contributed by atoms with Gasteiger partial charge >= 0.3 is 0 Å². The number of nitrogens with zero attached hydrogens (tertiary/aromatic N) is 2. The lowest BCUT2D eigenvalue weighted by Crippen LogP contribution is -2.21. The number of hydrogen-bond donors (Lipinski definition) is 1. The second-order valence-corrected chi connectivity index (χ2v) is 5.01. The average molecular weight is 259 g/mol. The van der Waals surface area contributed by atoms with Crippen LogP contribution in [0.3, 0.4) is 0 Å². The Morgan fingerprint density at radius 2 is 2.32 bits per heavy atom. The number of benzene rings is 1. The molecule has 0 bridgehead atoms. The molecule has 1 aliphatic heterocycles. The summed E-state index contributed by atoms with van der Waals surface area (Å²) in [6.07, 6.45) is 1.96. The van der Waals surface area contributed by atoms with Gasteiger partial charge in [-0.2, -0.15) is 4.98 Å². The molecule has 19 heavy (non-hydrogen) atoms. The molecule has 1 unspecified atom stereocenters. The summed E-state index contributed by atoms with van der Waals surface area (Å²) in [5, 5.41) is 4.06. The van der Waals surface area contributed by atoms with Crippen molar-refractivity contribution in [2.24, 2.45) is 5.73 Å². The maximum Gasteiger partial charge on any atom is 0.258 e. The van der Waals surface area contributed by atoms with Crippen molar-refractivity contribution < 1.29 is 9.26 Å². The van der Waals surface area contributed by atoms with Crippen LogP contribution in [-0.2, 0) is 16.9 Å². The Bertz CT molecular complexity index is 574. The lowest BCUT2D eigenvalue weighted by Gasteiger charge is -2.17.